The normalized spacial score (nSPS) is 16.8. The molecular formula is C10H22N2O2S. The van der Waals surface area contributed by atoms with E-state index in [2.05, 4.69) is 12.2 Å². The smallest absolute Gasteiger partial charge is 0.237 e. The molecule has 0 fully saturated rings. The predicted octanol–water partition coefficient (Wildman–Crippen LogP) is 0.387. The number of carbonyl (C=O) groups excluding carboxylic acids is 1. The lowest BCUT2D eigenvalue weighted by atomic mass is 10.1. The summed E-state index contributed by atoms with van der Waals surface area (Å²) in [5.74, 6) is 0.341. The summed E-state index contributed by atoms with van der Waals surface area (Å²) in [6.45, 7) is 3.90. The number of nitrogens with one attached hydrogen (secondary N) is 1. The average molecular weight is 234 g/mol. The maximum atomic E-state index is 11.5. The Kier molecular flexibility index (Phi) is 7.60. The van der Waals surface area contributed by atoms with Crippen molar-refractivity contribution in [3.63, 3.8) is 0 Å². The van der Waals surface area contributed by atoms with E-state index in [0.29, 0.717) is 12.2 Å². The van der Waals surface area contributed by atoms with Gasteiger partial charge in [-0.05, 0) is 13.3 Å². The lowest BCUT2D eigenvalue weighted by molar-refractivity contribution is -0.122. The molecule has 90 valence electrons. The molecule has 0 spiro atoms. The van der Waals surface area contributed by atoms with E-state index in [9.17, 15) is 9.00 Å². The van der Waals surface area contributed by atoms with Gasteiger partial charge in [0.25, 0.3) is 0 Å². The largest absolute Gasteiger partial charge is 0.351 e. The van der Waals surface area contributed by atoms with Gasteiger partial charge < -0.3 is 11.1 Å². The Hall–Kier alpha value is -0.420. The SMILES string of the molecule is CCCCC(N)C(=O)NC(C)CS(C)=O. The zero-order chi connectivity index (χ0) is 11.8. The van der Waals surface area contributed by atoms with Crippen molar-refractivity contribution in [2.24, 2.45) is 5.73 Å². The summed E-state index contributed by atoms with van der Waals surface area (Å²) in [5.41, 5.74) is 5.69. The van der Waals surface area contributed by atoms with E-state index in [-0.39, 0.29) is 11.9 Å². The molecule has 5 heteroatoms. The summed E-state index contributed by atoms with van der Waals surface area (Å²) in [5, 5.41) is 2.76. The Morgan fingerprint density at radius 3 is 2.60 bits per heavy atom. The predicted molar refractivity (Wildman–Crippen MR) is 64.0 cm³/mol. The Labute approximate surface area is 94.4 Å². The van der Waals surface area contributed by atoms with E-state index < -0.39 is 16.8 Å². The number of unbranched alkanes of at least 4 members (excludes halogenated alkanes) is 1. The molecule has 0 rings (SSSR count). The van der Waals surface area contributed by atoms with E-state index in [1.165, 1.54) is 0 Å². The van der Waals surface area contributed by atoms with Crippen LogP contribution in [0.3, 0.4) is 0 Å². The molecule has 0 aliphatic carbocycles. The summed E-state index contributed by atoms with van der Waals surface area (Å²) in [4.78, 5) is 11.5. The van der Waals surface area contributed by atoms with Gasteiger partial charge in [0, 0.05) is 28.9 Å². The van der Waals surface area contributed by atoms with Crippen LogP contribution in [0.4, 0.5) is 0 Å². The monoisotopic (exact) mass is 234 g/mol. The molecule has 0 saturated carbocycles. The van der Waals surface area contributed by atoms with Crippen LogP contribution in [0, 0.1) is 0 Å². The Bertz CT molecular complexity index is 221. The molecule has 3 atom stereocenters. The molecular weight excluding hydrogens is 212 g/mol. The second-order valence-electron chi connectivity index (χ2n) is 3.90. The van der Waals surface area contributed by atoms with Crippen LogP contribution in [0.25, 0.3) is 0 Å². The second kappa shape index (κ2) is 7.82. The quantitative estimate of drug-likeness (QED) is 0.669. The first-order valence-corrected chi connectivity index (χ1v) is 7.06. The molecule has 0 bridgehead atoms. The van der Waals surface area contributed by atoms with Gasteiger partial charge in [-0.15, -0.1) is 0 Å². The van der Waals surface area contributed by atoms with Crippen molar-refractivity contribution < 1.29 is 9.00 Å². The van der Waals surface area contributed by atoms with Crippen molar-refractivity contribution in [2.75, 3.05) is 12.0 Å². The fraction of sp³-hybridized carbons (Fsp3) is 0.900. The van der Waals surface area contributed by atoms with Crippen molar-refractivity contribution in [1.29, 1.82) is 0 Å². The van der Waals surface area contributed by atoms with Crippen LogP contribution in [0.1, 0.15) is 33.1 Å². The number of nitrogens with two attached hydrogens (primary N) is 1. The molecule has 3 unspecified atom stereocenters. The van der Waals surface area contributed by atoms with Gasteiger partial charge in [0.05, 0.1) is 6.04 Å². The number of hydrogen-bond acceptors (Lipinski definition) is 3. The minimum Gasteiger partial charge on any atom is -0.351 e. The third kappa shape index (κ3) is 7.50. The summed E-state index contributed by atoms with van der Waals surface area (Å²) >= 11 is 0. The van der Waals surface area contributed by atoms with E-state index in [1.807, 2.05) is 6.92 Å². The van der Waals surface area contributed by atoms with Crippen molar-refractivity contribution in [3.8, 4) is 0 Å². The molecule has 0 saturated heterocycles. The molecule has 0 aromatic rings. The van der Waals surface area contributed by atoms with Crippen LogP contribution in [-0.2, 0) is 15.6 Å². The first kappa shape index (κ1) is 14.6. The van der Waals surface area contributed by atoms with E-state index in [0.717, 1.165) is 12.8 Å². The van der Waals surface area contributed by atoms with Crippen LogP contribution in [0.15, 0.2) is 0 Å². The maximum Gasteiger partial charge on any atom is 0.237 e. The van der Waals surface area contributed by atoms with Crippen molar-refractivity contribution in [2.45, 2.75) is 45.2 Å². The third-order valence-corrected chi connectivity index (χ3v) is 3.05. The maximum absolute atomic E-state index is 11.5. The molecule has 1 amide bonds. The molecule has 0 aromatic carbocycles. The van der Waals surface area contributed by atoms with E-state index in [1.54, 1.807) is 6.26 Å². The van der Waals surface area contributed by atoms with Crippen LogP contribution in [-0.4, -0.2) is 34.2 Å². The lowest BCUT2D eigenvalue weighted by Gasteiger charge is -2.16. The highest BCUT2D eigenvalue weighted by Crippen LogP contribution is 1.98. The molecule has 0 aromatic heterocycles. The molecule has 0 radical (unpaired) electrons. The summed E-state index contributed by atoms with van der Waals surface area (Å²) in [6, 6.07) is -0.506. The lowest BCUT2D eigenvalue weighted by Crippen LogP contribution is -2.45. The number of hydrogen-bond donors (Lipinski definition) is 2. The standard InChI is InChI=1S/C10H22N2O2S/c1-4-5-6-9(11)10(13)12-8(2)7-15(3)14/h8-9H,4-7,11H2,1-3H3,(H,12,13). The molecule has 4 nitrogen and oxygen atoms in total. The van der Waals surface area contributed by atoms with Crippen molar-refractivity contribution in [1.82, 2.24) is 5.32 Å². The van der Waals surface area contributed by atoms with Gasteiger partial charge >= 0.3 is 0 Å². The Morgan fingerprint density at radius 2 is 2.13 bits per heavy atom. The van der Waals surface area contributed by atoms with Crippen LogP contribution in [0.2, 0.25) is 0 Å². The fourth-order valence-corrected chi connectivity index (χ4v) is 2.09. The Balaban J connectivity index is 3.85. The zero-order valence-corrected chi connectivity index (χ0v) is 10.6. The molecule has 0 heterocycles. The summed E-state index contributed by atoms with van der Waals surface area (Å²) in [6.07, 6.45) is 4.34. The highest BCUT2D eigenvalue weighted by Gasteiger charge is 2.15. The summed E-state index contributed by atoms with van der Waals surface area (Å²) < 4.78 is 10.9. The Morgan fingerprint density at radius 1 is 1.53 bits per heavy atom. The first-order chi connectivity index (χ1) is 6.97. The van der Waals surface area contributed by atoms with E-state index >= 15 is 0 Å². The van der Waals surface area contributed by atoms with Gasteiger partial charge in [0.2, 0.25) is 5.91 Å². The minimum absolute atomic E-state index is 0.0731. The highest BCUT2D eigenvalue weighted by atomic mass is 32.2. The molecule has 0 aliphatic heterocycles. The minimum atomic E-state index is -0.886. The van der Waals surface area contributed by atoms with Crippen LogP contribution >= 0.6 is 0 Å². The van der Waals surface area contributed by atoms with Crippen molar-refractivity contribution >= 4 is 16.7 Å². The van der Waals surface area contributed by atoms with Gasteiger partial charge in [-0.3, -0.25) is 9.00 Å². The van der Waals surface area contributed by atoms with Crippen LogP contribution in [0.5, 0.6) is 0 Å². The zero-order valence-electron chi connectivity index (χ0n) is 9.79. The molecule has 3 N–H and O–H groups in total. The molecule has 15 heavy (non-hydrogen) atoms. The summed E-state index contributed by atoms with van der Waals surface area (Å²) in [7, 11) is -0.886. The number of carbonyl (C=O) groups is 1. The third-order valence-electron chi connectivity index (χ3n) is 2.08. The van der Waals surface area contributed by atoms with Crippen molar-refractivity contribution in [3.05, 3.63) is 0 Å². The van der Waals surface area contributed by atoms with Gasteiger partial charge in [0.15, 0.2) is 0 Å². The van der Waals surface area contributed by atoms with Gasteiger partial charge in [-0.25, -0.2) is 0 Å². The second-order valence-corrected chi connectivity index (χ2v) is 5.38. The average Bonchev–Trinajstić information content (AvgIpc) is 2.12. The molecule has 0 aliphatic rings. The topological polar surface area (TPSA) is 72.2 Å². The highest BCUT2D eigenvalue weighted by molar-refractivity contribution is 7.84. The number of rotatable bonds is 7. The van der Waals surface area contributed by atoms with Gasteiger partial charge in [-0.1, -0.05) is 19.8 Å². The fourth-order valence-electron chi connectivity index (χ4n) is 1.30. The van der Waals surface area contributed by atoms with Crippen LogP contribution < -0.4 is 11.1 Å². The van der Waals surface area contributed by atoms with Gasteiger partial charge in [-0.2, -0.15) is 0 Å². The van der Waals surface area contributed by atoms with E-state index in [4.69, 9.17) is 5.73 Å². The number of amides is 1. The van der Waals surface area contributed by atoms with Gasteiger partial charge in [0.1, 0.15) is 0 Å². The first-order valence-electron chi connectivity index (χ1n) is 5.33.